The molecule has 1 N–H and O–H groups in total. The first kappa shape index (κ1) is 10.4. The zero-order valence-corrected chi connectivity index (χ0v) is 9.30. The monoisotopic (exact) mass is 222 g/mol. The maximum Gasteiger partial charge on any atom is 0.246 e. The van der Waals surface area contributed by atoms with Crippen molar-refractivity contribution in [1.29, 1.82) is 0 Å². The van der Waals surface area contributed by atoms with Gasteiger partial charge >= 0.3 is 0 Å². The minimum absolute atomic E-state index is 0.114. The third-order valence-electron chi connectivity index (χ3n) is 2.39. The molecule has 1 aromatic rings. The fourth-order valence-electron chi connectivity index (χ4n) is 1.53. The molecule has 0 saturated carbocycles. The van der Waals surface area contributed by atoms with Crippen molar-refractivity contribution in [1.82, 2.24) is 10.2 Å². The molecule has 0 aliphatic carbocycles. The number of hydrogen-bond acceptors (Lipinski definition) is 3. The van der Waals surface area contributed by atoms with Crippen LogP contribution in [0.4, 0.5) is 0 Å². The number of hydrogen-bond donors (Lipinski definition) is 1. The summed E-state index contributed by atoms with van der Waals surface area (Å²) in [5.41, 5.74) is 1.10. The lowest BCUT2D eigenvalue weighted by Crippen LogP contribution is -2.45. The molecule has 1 aliphatic rings. The van der Waals surface area contributed by atoms with E-state index in [9.17, 15) is 4.79 Å². The van der Waals surface area contributed by atoms with Gasteiger partial charge in [-0.25, -0.2) is 0 Å². The normalized spacial score (nSPS) is 17.2. The van der Waals surface area contributed by atoms with E-state index < -0.39 is 0 Å². The molecule has 2 heterocycles. The number of thiophene rings is 1. The Morgan fingerprint density at radius 3 is 2.93 bits per heavy atom. The van der Waals surface area contributed by atoms with Crippen molar-refractivity contribution in [3.63, 3.8) is 0 Å². The van der Waals surface area contributed by atoms with Crippen molar-refractivity contribution in [2.24, 2.45) is 0 Å². The van der Waals surface area contributed by atoms with Crippen molar-refractivity contribution in [3.05, 3.63) is 28.5 Å². The van der Waals surface area contributed by atoms with Crippen LogP contribution < -0.4 is 5.32 Å². The van der Waals surface area contributed by atoms with Crippen LogP contribution in [-0.4, -0.2) is 37.0 Å². The highest BCUT2D eigenvalue weighted by atomic mass is 32.1. The minimum atomic E-state index is 0.114. The Labute approximate surface area is 93.4 Å². The average Bonchev–Trinajstić information content (AvgIpc) is 2.80. The second kappa shape index (κ2) is 5.09. The largest absolute Gasteiger partial charge is 0.337 e. The molecule has 2 rings (SSSR count). The van der Waals surface area contributed by atoms with Gasteiger partial charge < -0.3 is 10.2 Å². The van der Waals surface area contributed by atoms with Gasteiger partial charge in [0.1, 0.15) is 0 Å². The van der Waals surface area contributed by atoms with Gasteiger partial charge in [-0.1, -0.05) is 0 Å². The molecule has 3 nitrogen and oxygen atoms in total. The van der Waals surface area contributed by atoms with E-state index in [0.29, 0.717) is 0 Å². The Balaban J connectivity index is 1.91. The van der Waals surface area contributed by atoms with Gasteiger partial charge in [-0.15, -0.1) is 0 Å². The number of carbonyl (C=O) groups is 1. The maximum atomic E-state index is 11.7. The van der Waals surface area contributed by atoms with Crippen LogP contribution in [0.5, 0.6) is 0 Å². The van der Waals surface area contributed by atoms with Crippen LogP contribution in [-0.2, 0) is 4.79 Å². The minimum Gasteiger partial charge on any atom is -0.337 e. The highest BCUT2D eigenvalue weighted by Gasteiger charge is 2.12. The zero-order chi connectivity index (χ0) is 10.5. The molecule has 1 amide bonds. The van der Waals surface area contributed by atoms with Gasteiger partial charge in [0, 0.05) is 32.3 Å². The molecule has 4 heteroatoms. The predicted octanol–water partition coefficient (Wildman–Crippen LogP) is 1.19. The summed E-state index contributed by atoms with van der Waals surface area (Å²) in [6.45, 7) is 3.43. The number of amides is 1. The Kier molecular flexibility index (Phi) is 3.53. The van der Waals surface area contributed by atoms with Crippen molar-refractivity contribution >= 4 is 23.3 Å². The Bertz CT molecular complexity index is 339. The zero-order valence-electron chi connectivity index (χ0n) is 8.48. The van der Waals surface area contributed by atoms with E-state index in [1.54, 1.807) is 17.4 Å². The van der Waals surface area contributed by atoms with E-state index in [4.69, 9.17) is 0 Å². The second-order valence-corrected chi connectivity index (χ2v) is 4.25. The van der Waals surface area contributed by atoms with Crippen LogP contribution in [0, 0.1) is 0 Å². The standard InChI is InChI=1S/C11H14N2OS/c14-11(13-6-4-12-5-7-13)2-1-10-3-8-15-9-10/h1-3,8-9,12H,4-7H2. The molecule has 80 valence electrons. The highest BCUT2D eigenvalue weighted by molar-refractivity contribution is 7.08. The summed E-state index contributed by atoms with van der Waals surface area (Å²) in [5, 5.41) is 7.26. The Hall–Kier alpha value is -1.13. The lowest BCUT2D eigenvalue weighted by atomic mass is 10.3. The van der Waals surface area contributed by atoms with Gasteiger partial charge in [0.15, 0.2) is 0 Å². The van der Waals surface area contributed by atoms with Crippen LogP contribution in [0.25, 0.3) is 6.08 Å². The van der Waals surface area contributed by atoms with E-state index >= 15 is 0 Å². The molecule has 1 aliphatic heterocycles. The van der Waals surface area contributed by atoms with Gasteiger partial charge in [0.05, 0.1) is 0 Å². The summed E-state index contributed by atoms with van der Waals surface area (Å²) < 4.78 is 0. The van der Waals surface area contributed by atoms with Crippen LogP contribution >= 0.6 is 11.3 Å². The van der Waals surface area contributed by atoms with E-state index in [1.807, 2.05) is 27.8 Å². The number of carbonyl (C=O) groups excluding carboxylic acids is 1. The summed E-state index contributed by atoms with van der Waals surface area (Å²) in [5.74, 6) is 0.114. The van der Waals surface area contributed by atoms with Gasteiger partial charge in [0.25, 0.3) is 0 Å². The second-order valence-electron chi connectivity index (χ2n) is 3.47. The first-order valence-corrected chi connectivity index (χ1v) is 6.00. The van der Waals surface area contributed by atoms with Crippen LogP contribution in [0.1, 0.15) is 5.56 Å². The van der Waals surface area contributed by atoms with Crippen molar-refractivity contribution < 1.29 is 4.79 Å². The quantitative estimate of drug-likeness (QED) is 0.762. The molecule has 0 spiro atoms. The first-order valence-electron chi connectivity index (χ1n) is 5.06. The van der Waals surface area contributed by atoms with Gasteiger partial charge in [-0.3, -0.25) is 4.79 Å². The maximum absolute atomic E-state index is 11.7. The molecule has 0 bridgehead atoms. The van der Waals surface area contributed by atoms with Crippen molar-refractivity contribution in [2.45, 2.75) is 0 Å². The molecule has 0 atom stereocenters. The van der Waals surface area contributed by atoms with E-state index in [2.05, 4.69) is 5.32 Å². The Morgan fingerprint density at radius 2 is 2.27 bits per heavy atom. The third kappa shape index (κ3) is 2.91. The van der Waals surface area contributed by atoms with Crippen LogP contribution in [0.3, 0.4) is 0 Å². The number of nitrogens with zero attached hydrogens (tertiary/aromatic N) is 1. The molecule has 1 saturated heterocycles. The molecule has 1 aromatic heterocycles. The predicted molar refractivity (Wildman–Crippen MR) is 62.8 cm³/mol. The molecule has 0 unspecified atom stereocenters. The average molecular weight is 222 g/mol. The lowest BCUT2D eigenvalue weighted by molar-refractivity contribution is -0.126. The smallest absolute Gasteiger partial charge is 0.246 e. The fourth-order valence-corrected chi connectivity index (χ4v) is 2.16. The molecule has 15 heavy (non-hydrogen) atoms. The summed E-state index contributed by atoms with van der Waals surface area (Å²) >= 11 is 1.64. The van der Waals surface area contributed by atoms with Gasteiger partial charge in [-0.05, 0) is 28.5 Å². The molecule has 0 aromatic carbocycles. The number of nitrogens with one attached hydrogen (secondary N) is 1. The number of rotatable bonds is 2. The summed E-state index contributed by atoms with van der Waals surface area (Å²) in [7, 11) is 0. The van der Waals surface area contributed by atoms with E-state index in [1.165, 1.54) is 0 Å². The van der Waals surface area contributed by atoms with E-state index in [0.717, 1.165) is 31.7 Å². The van der Waals surface area contributed by atoms with Crippen LogP contribution in [0.15, 0.2) is 22.9 Å². The van der Waals surface area contributed by atoms with Crippen LogP contribution in [0.2, 0.25) is 0 Å². The molecule has 1 fully saturated rings. The summed E-state index contributed by atoms with van der Waals surface area (Å²) in [4.78, 5) is 13.6. The number of piperazine rings is 1. The lowest BCUT2D eigenvalue weighted by Gasteiger charge is -2.26. The fraction of sp³-hybridized carbons (Fsp3) is 0.364. The first-order chi connectivity index (χ1) is 7.36. The Morgan fingerprint density at radius 1 is 1.47 bits per heavy atom. The SMILES string of the molecule is O=C(C=Cc1ccsc1)N1CCNCC1. The van der Waals surface area contributed by atoms with Crippen molar-refractivity contribution in [2.75, 3.05) is 26.2 Å². The van der Waals surface area contributed by atoms with Gasteiger partial charge in [-0.2, -0.15) is 11.3 Å². The van der Waals surface area contributed by atoms with E-state index in [-0.39, 0.29) is 5.91 Å². The highest BCUT2D eigenvalue weighted by Crippen LogP contribution is 2.08. The molecular weight excluding hydrogens is 208 g/mol. The summed E-state index contributed by atoms with van der Waals surface area (Å²) in [6, 6.07) is 2.01. The third-order valence-corrected chi connectivity index (χ3v) is 3.09. The topological polar surface area (TPSA) is 32.3 Å². The van der Waals surface area contributed by atoms with Crippen molar-refractivity contribution in [3.8, 4) is 0 Å². The molecule has 0 radical (unpaired) electrons. The molecular formula is C11H14N2OS. The summed E-state index contributed by atoms with van der Waals surface area (Å²) in [6.07, 6.45) is 3.54. The van der Waals surface area contributed by atoms with Gasteiger partial charge in [0.2, 0.25) is 5.91 Å².